The van der Waals surface area contributed by atoms with Gasteiger partial charge in [-0.3, -0.25) is 4.79 Å². The molecule has 0 aliphatic heterocycles. The molecule has 0 radical (unpaired) electrons. The number of nitrogens with two attached hydrogens (primary N) is 1. The monoisotopic (exact) mass is 273 g/mol. The molecule has 0 rings (SSSR count). The highest BCUT2D eigenvalue weighted by Crippen LogP contribution is 2.10. The Labute approximate surface area is 117 Å². The van der Waals surface area contributed by atoms with Crippen LogP contribution in [0.1, 0.15) is 71.1 Å². The van der Waals surface area contributed by atoms with Crippen LogP contribution in [0.25, 0.3) is 0 Å². The van der Waals surface area contributed by atoms with Crippen LogP contribution in [0.15, 0.2) is 0 Å². The smallest absolute Gasteiger partial charge is 0.322 e. The third-order valence-electron chi connectivity index (χ3n) is 3.26. The molecule has 0 bridgehead atoms. The van der Waals surface area contributed by atoms with Crippen LogP contribution in [-0.4, -0.2) is 30.3 Å². The Morgan fingerprint density at radius 1 is 1.00 bits per heavy atom. The Hall–Kier alpha value is -0.610. The molecule has 1 atom stereocenters. The Balaban J connectivity index is 3.05. The van der Waals surface area contributed by atoms with Gasteiger partial charge in [-0.05, 0) is 6.42 Å². The van der Waals surface area contributed by atoms with Crippen molar-refractivity contribution in [2.45, 2.75) is 77.2 Å². The van der Waals surface area contributed by atoms with Crippen molar-refractivity contribution in [3.63, 3.8) is 0 Å². The molecule has 0 aliphatic rings. The lowest BCUT2D eigenvalue weighted by molar-refractivity contribution is -0.140. The maximum atomic E-state index is 10.4. The zero-order valence-electron chi connectivity index (χ0n) is 12.4. The summed E-state index contributed by atoms with van der Waals surface area (Å²) in [6, 6.07) is -0.886. The molecule has 0 fully saturated rings. The van der Waals surface area contributed by atoms with Gasteiger partial charge in [-0.2, -0.15) is 0 Å². The van der Waals surface area contributed by atoms with Crippen LogP contribution in [0.3, 0.4) is 0 Å². The number of aliphatic carboxylic acids is 1. The van der Waals surface area contributed by atoms with E-state index in [4.69, 9.17) is 15.6 Å². The van der Waals surface area contributed by atoms with E-state index in [9.17, 15) is 4.79 Å². The standard InChI is InChI=1S/C15H31NO3/c1-2-3-4-5-6-7-8-9-10-11-12-19-13-14(16)15(17)18/h14H,2-13,16H2,1H3,(H,17,18)/t14-/m0/s1. The zero-order valence-corrected chi connectivity index (χ0v) is 12.4. The fraction of sp³-hybridized carbons (Fsp3) is 0.933. The highest BCUT2D eigenvalue weighted by Gasteiger charge is 2.10. The van der Waals surface area contributed by atoms with Crippen LogP contribution in [-0.2, 0) is 9.53 Å². The zero-order chi connectivity index (χ0) is 14.3. The molecule has 114 valence electrons. The first-order valence-electron chi connectivity index (χ1n) is 7.74. The maximum absolute atomic E-state index is 10.4. The van der Waals surface area contributed by atoms with Gasteiger partial charge in [0.05, 0.1) is 6.61 Å². The summed E-state index contributed by atoms with van der Waals surface area (Å²) in [5.74, 6) is -0.997. The SMILES string of the molecule is CCCCCCCCCCCCOC[C@H](N)C(=O)O. The highest BCUT2D eigenvalue weighted by atomic mass is 16.5. The number of rotatable bonds is 14. The second kappa shape index (κ2) is 13.8. The van der Waals surface area contributed by atoms with Crippen LogP contribution in [0.4, 0.5) is 0 Å². The van der Waals surface area contributed by atoms with Crippen LogP contribution in [0.5, 0.6) is 0 Å². The summed E-state index contributed by atoms with van der Waals surface area (Å²) in [5, 5.41) is 8.55. The maximum Gasteiger partial charge on any atom is 0.322 e. The number of carboxylic acid groups (broad SMARTS) is 1. The molecular formula is C15H31NO3. The number of ether oxygens (including phenoxy) is 1. The first kappa shape index (κ1) is 18.4. The van der Waals surface area contributed by atoms with E-state index in [2.05, 4.69) is 6.92 Å². The predicted octanol–water partition coefficient (Wildman–Crippen LogP) is 3.34. The molecule has 0 amide bonds. The van der Waals surface area contributed by atoms with E-state index in [-0.39, 0.29) is 6.61 Å². The molecular weight excluding hydrogens is 242 g/mol. The summed E-state index contributed by atoms with van der Waals surface area (Å²) in [5.41, 5.74) is 5.32. The van der Waals surface area contributed by atoms with Gasteiger partial charge in [0, 0.05) is 6.61 Å². The van der Waals surface area contributed by atoms with E-state index >= 15 is 0 Å². The summed E-state index contributed by atoms with van der Waals surface area (Å²) < 4.78 is 5.22. The second-order valence-electron chi connectivity index (χ2n) is 5.20. The minimum atomic E-state index is -0.997. The molecule has 4 heteroatoms. The first-order valence-corrected chi connectivity index (χ1v) is 7.74. The lowest BCUT2D eigenvalue weighted by atomic mass is 10.1. The Morgan fingerprint density at radius 2 is 1.47 bits per heavy atom. The fourth-order valence-electron chi connectivity index (χ4n) is 1.97. The minimum absolute atomic E-state index is 0.118. The summed E-state index contributed by atoms with van der Waals surface area (Å²) in [6.07, 6.45) is 12.9. The first-order chi connectivity index (χ1) is 9.18. The van der Waals surface area contributed by atoms with Gasteiger partial charge in [0.1, 0.15) is 6.04 Å². The highest BCUT2D eigenvalue weighted by molar-refractivity contribution is 5.73. The van der Waals surface area contributed by atoms with Gasteiger partial charge < -0.3 is 15.6 Å². The third kappa shape index (κ3) is 13.6. The van der Waals surface area contributed by atoms with E-state index < -0.39 is 12.0 Å². The molecule has 0 saturated carbocycles. The number of carboxylic acids is 1. The second-order valence-corrected chi connectivity index (χ2v) is 5.20. The van der Waals surface area contributed by atoms with Crippen molar-refractivity contribution in [2.75, 3.05) is 13.2 Å². The quantitative estimate of drug-likeness (QED) is 0.476. The number of carbonyl (C=O) groups is 1. The molecule has 0 spiro atoms. The molecule has 4 nitrogen and oxygen atoms in total. The van der Waals surface area contributed by atoms with E-state index in [1.807, 2.05) is 0 Å². The lowest BCUT2D eigenvalue weighted by Crippen LogP contribution is -2.34. The normalized spacial score (nSPS) is 12.5. The molecule has 19 heavy (non-hydrogen) atoms. The van der Waals surface area contributed by atoms with Crippen molar-refractivity contribution >= 4 is 5.97 Å². The van der Waals surface area contributed by atoms with Crippen molar-refractivity contribution < 1.29 is 14.6 Å². The van der Waals surface area contributed by atoms with Gasteiger partial charge in [0.15, 0.2) is 0 Å². The molecule has 0 saturated heterocycles. The fourth-order valence-corrected chi connectivity index (χ4v) is 1.97. The van der Waals surface area contributed by atoms with Gasteiger partial charge in [0.2, 0.25) is 0 Å². The van der Waals surface area contributed by atoms with Crippen molar-refractivity contribution in [2.24, 2.45) is 5.73 Å². The molecule has 0 aromatic rings. The number of unbranched alkanes of at least 4 members (excludes halogenated alkanes) is 9. The largest absolute Gasteiger partial charge is 0.480 e. The van der Waals surface area contributed by atoms with E-state index in [1.54, 1.807) is 0 Å². The van der Waals surface area contributed by atoms with Gasteiger partial charge in [-0.25, -0.2) is 0 Å². The molecule has 0 heterocycles. The van der Waals surface area contributed by atoms with Crippen molar-refractivity contribution in [1.82, 2.24) is 0 Å². The summed E-state index contributed by atoms with van der Waals surface area (Å²) in [6.45, 7) is 2.98. The van der Waals surface area contributed by atoms with Gasteiger partial charge >= 0.3 is 5.97 Å². The Morgan fingerprint density at radius 3 is 1.95 bits per heavy atom. The van der Waals surface area contributed by atoms with Crippen LogP contribution in [0.2, 0.25) is 0 Å². The summed E-state index contributed by atoms with van der Waals surface area (Å²) in [4.78, 5) is 10.4. The van der Waals surface area contributed by atoms with Crippen LogP contribution >= 0.6 is 0 Å². The van der Waals surface area contributed by atoms with Crippen molar-refractivity contribution in [1.29, 1.82) is 0 Å². The van der Waals surface area contributed by atoms with E-state index in [1.165, 1.54) is 51.4 Å². The van der Waals surface area contributed by atoms with Crippen molar-refractivity contribution in [3.05, 3.63) is 0 Å². The van der Waals surface area contributed by atoms with Gasteiger partial charge in [0.25, 0.3) is 0 Å². The molecule has 0 aliphatic carbocycles. The summed E-state index contributed by atoms with van der Waals surface area (Å²) >= 11 is 0. The molecule has 0 aromatic heterocycles. The number of hydrogen-bond acceptors (Lipinski definition) is 3. The van der Waals surface area contributed by atoms with Gasteiger partial charge in [-0.1, -0.05) is 64.7 Å². The molecule has 0 unspecified atom stereocenters. The molecule has 3 N–H and O–H groups in total. The van der Waals surface area contributed by atoms with Crippen LogP contribution < -0.4 is 5.73 Å². The third-order valence-corrected chi connectivity index (χ3v) is 3.26. The Bertz CT molecular complexity index is 210. The van der Waals surface area contributed by atoms with E-state index in [0.717, 1.165) is 12.8 Å². The summed E-state index contributed by atoms with van der Waals surface area (Å²) in [7, 11) is 0. The lowest BCUT2D eigenvalue weighted by Gasteiger charge is -2.07. The average molecular weight is 273 g/mol. The van der Waals surface area contributed by atoms with Crippen molar-refractivity contribution in [3.8, 4) is 0 Å². The van der Waals surface area contributed by atoms with Gasteiger partial charge in [-0.15, -0.1) is 0 Å². The number of hydrogen-bond donors (Lipinski definition) is 2. The Kier molecular flexibility index (Phi) is 13.4. The molecule has 0 aromatic carbocycles. The van der Waals surface area contributed by atoms with E-state index in [0.29, 0.717) is 6.61 Å². The average Bonchev–Trinajstić information content (AvgIpc) is 2.39. The van der Waals surface area contributed by atoms with Crippen LogP contribution in [0, 0.1) is 0 Å². The topological polar surface area (TPSA) is 72.5 Å². The predicted molar refractivity (Wildman–Crippen MR) is 78.3 cm³/mol. The minimum Gasteiger partial charge on any atom is -0.480 e.